The van der Waals surface area contributed by atoms with Crippen molar-refractivity contribution in [2.75, 3.05) is 13.2 Å². The Labute approximate surface area is 111 Å². The lowest BCUT2D eigenvalue weighted by molar-refractivity contribution is 0.192. The molecule has 1 atom stereocenters. The van der Waals surface area contributed by atoms with E-state index in [2.05, 4.69) is 22.2 Å². The first-order valence-corrected chi connectivity index (χ1v) is 6.73. The maximum atomic E-state index is 5.37. The van der Waals surface area contributed by atoms with E-state index in [0.717, 1.165) is 43.1 Å². The van der Waals surface area contributed by atoms with Gasteiger partial charge in [0.1, 0.15) is 0 Å². The molecule has 1 fully saturated rings. The summed E-state index contributed by atoms with van der Waals surface area (Å²) >= 11 is 0. The van der Waals surface area contributed by atoms with Gasteiger partial charge in [0.15, 0.2) is 5.82 Å². The van der Waals surface area contributed by atoms with E-state index in [1.54, 1.807) is 0 Å². The molecule has 19 heavy (non-hydrogen) atoms. The van der Waals surface area contributed by atoms with Gasteiger partial charge in [-0.3, -0.25) is 4.68 Å². The van der Waals surface area contributed by atoms with Crippen molar-refractivity contribution in [2.24, 2.45) is 0 Å². The average Bonchev–Trinajstić information content (AvgIpc) is 3.07. The third-order valence-corrected chi connectivity index (χ3v) is 3.37. The molecule has 1 aliphatic heterocycles. The predicted octanol–water partition coefficient (Wildman–Crippen LogP) is 2.16. The lowest BCUT2D eigenvalue weighted by Gasteiger charge is -1.97. The van der Waals surface area contributed by atoms with Crippen molar-refractivity contribution in [3.05, 3.63) is 17.7 Å². The van der Waals surface area contributed by atoms with Crippen molar-refractivity contribution in [3.63, 3.8) is 0 Å². The second kappa shape index (κ2) is 5.13. The zero-order chi connectivity index (χ0) is 13.2. The van der Waals surface area contributed by atoms with Crippen molar-refractivity contribution in [1.29, 1.82) is 0 Å². The average molecular weight is 262 g/mol. The predicted molar refractivity (Wildman–Crippen MR) is 68.7 cm³/mol. The molecule has 0 saturated carbocycles. The van der Waals surface area contributed by atoms with E-state index in [-0.39, 0.29) is 5.92 Å². The minimum Gasteiger partial charge on any atom is -0.381 e. The first-order valence-electron chi connectivity index (χ1n) is 6.73. The Bertz CT molecular complexity index is 555. The van der Waals surface area contributed by atoms with Gasteiger partial charge < -0.3 is 9.26 Å². The summed E-state index contributed by atoms with van der Waals surface area (Å²) in [5, 5.41) is 8.52. The molecule has 0 bridgehead atoms. The van der Waals surface area contributed by atoms with Gasteiger partial charge in [-0.15, -0.1) is 0 Å². The molecule has 1 saturated heterocycles. The third kappa shape index (κ3) is 2.40. The first-order chi connectivity index (χ1) is 9.28. The standard InChI is InChI=1S/C13H18N4O2/c1-3-5-17-7-11(9(2)15-17)13-14-12(16-19-13)10-4-6-18-8-10/h7,10H,3-6,8H2,1-2H3/t10-/m0/s1. The number of rotatable bonds is 4. The van der Waals surface area contributed by atoms with Crippen LogP contribution in [0.25, 0.3) is 11.5 Å². The lowest BCUT2D eigenvalue weighted by atomic mass is 10.1. The summed E-state index contributed by atoms with van der Waals surface area (Å²) in [4.78, 5) is 4.49. The highest BCUT2D eigenvalue weighted by atomic mass is 16.5. The molecule has 0 aromatic carbocycles. The van der Waals surface area contributed by atoms with Gasteiger partial charge in [-0.05, 0) is 19.8 Å². The van der Waals surface area contributed by atoms with Gasteiger partial charge in [0, 0.05) is 25.3 Å². The first kappa shape index (κ1) is 12.3. The van der Waals surface area contributed by atoms with Crippen LogP contribution in [-0.2, 0) is 11.3 Å². The summed E-state index contributed by atoms with van der Waals surface area (Å²) in [6.45, 7) is 6.46. The Morgan fingerprint density at radius 2 is 2.37 bits per heavy atom. The van der Waals surface area contributed by atoms with E-state index in [1.807, 2.05) is 17.8 Å². The monoisotopic (exact) mass is 262 g/mol. The summed E-state index contributed by atoms with van der Waals surface area (Å²) in [5.41, 5.74) is 1.84. The normalized spacial score (nSPS) is 19.2. The summed E-state index contributed by atoms with van der Waals surface area (Å²) in [6, 6.07) is 0. The van der Waals surface area contributed by atoms with E-state index in [4.69, 9.17) is 9.26 Å². The molecule has 1 aliphatic rings. The van der Waals surface area contributed by atoms with Crippen LogP contribution < -0.4 is 0 Å². The second-order valence-electron chi connectivity index (χ2n) is 4.91. The Morgan fingerprint density at radius 3 is 3.11 bits per heavy atom. The molecular weight excluding hydrogens is 244 g/mol. The lowest BCUT2D eigenvalue weighted by Crippen LogP contribution is -1.99. The Hall–Kier alpha value is -1.69. The van der Waals surface area contributed by atoms with Crippen molar-refractivity contribution in [3.8, 4) is 11.5 Å². The maximum absolute atomic E-state index is 5.37. The minimum absolute atomic E-state index is 0.267. The van der Waals surface area contributed by atoms with Crippen LogP contribution in [0.15, 0.2) is 10.7 Å². The molecule has 3 rings (SSSR count). The topological polar surface area (TPSA) is 66.0 Å². The van der Waals surface area contributed by atoms with Gasteiger partial charge in [0.05, 0.1) is 17.9 Å². The number of aromatic nitrogens is 4. The molecule has 6 heteroatoms. The molecule has 102 valence electrons. The smallest absolute Gasteiger partial charge is 0.261 e. The van der Waals surface area contributed by atoms with Crippen molar-refractivity contribution in [1.82, 2.24) is 19.9 Å². The third-order valence-electron chi connectivity index (χ3n) is 3.37. The van der Waals surface area contributed by atoms with Crippen LogP contribution in [-0.4, -0.2) is 33.1 Å². The van der Waals surface area contributed by atoms with Crippen LogP contribution in [0.4, 0.5) is 0 Å². The van der Waals surface area contributed by atoms with Gasteiger partial charge in [-0.2, -0.15) is 10.1 Å². The van der Waals surface area contributed by atoms with E-state index in [1.165, 1.54) is 0 Å². The fourth-order valence-corrected chi connectivity index (χ4v) is 2.32. The molecule has 0 unspecified atom stereocenters. The van der Waals surface area contributed by atoms with Crippen molar-refractivity contribution < 1.29 is 9.26 Å². The van der Waals surface area contributed by atoms with Gasteiger partial charge in [-0.1, -0.05) is 12.1 Å². The fourth-order valence-electron chi connectivity index (χ4n) is 2.32. The Balaban J connectivity index is 1.85. The number of hydrogen-bond donors (Lipinski definition) is 0. The zero-order valence-electron chi connectivity index (χ0n) is 11.3. The molecule has 6 nitrogen and oxygen atoms in total. The molecule has 0 N–H and O–H groups in total. The van der Waals surface area contributed by atoms with Crippen molar-refractivity contribution >= 4 is 0 Å². The highest BCUT2D eigenvalue weighted by molar-refractivity contribution is 5.54. The summed E-state index contributed by atoms with van der Waals surface area (Å²) in [6.07, 6.45) is 3.99. The highest BCUT2D eigenvalue weighted by Crippen LogP contribution is 2.26. The van der Waals surface area contributed by atoms with E-state index in [9.17, 15) is 0 Å². The van der Waals surface area contributed by atoms with E-state index < -0.39 is 0 Å². The highest BCUT2D eigenvalue weighted by Gasteiger charge is 2.24. The molecule has 0 amide bonds. The molecular formula is C13H18N4O2. The number of hydrogen-bond acceptors (Lipinski definition) is 5. The molecule has 2 aromatic rings. The molecule has 2 aromatic heterocycles. The van der Waals surface area contributed by atoms with Crippen LogP contribution in [0.5, 0.6) is 0 Å². The van der Waals surface area contributed by atoms with Gasteiger partial charge in [0.25, 0.3) is 5.89 Å². The van der Waals surface area contributed by atoms with Crippen LogP contribution in [0.2, 0.25) is 0 Å². The van der Waals surface area contributed by atoms with Gasteiger partial charge in [-0.25, -0.2) is 0 Å². The summed E-state index contributed by atoms with van der Waals surface area (Å²) in [7, 11) is 0. The van der Waals surface area contributed by atoms with Crippen molar-refractivity contribution in [2.45, 2.75) is 39.2 Å². The molecule has 0 aliphatic carbocycles. The number of aryl methyl sites for hydroxylation is 2. The van der Waals surface area contributed by atoms with Gasteiger partial charge >= 0.3 is 0 Å². The zero-order valence-corrected chi connectivity index (χ0v) is 11.3. The van der Waals surface area contributed by atoms with E-state index >= 15 is 0 Å². The molecule has 0 spiro atoms. The fraction of sp³-hybridized carbons (Fsp3) is 0.615. The van der Waals surface area contributed by atoms with Crippen LogP contribution in [0, 0.1) is 6.92 Å². The van der Waals surface area contributed by atoms with Gasteiger partial charge in [0.2, 0.25) is 0 Å². The van der Waals surface area contributed by atoms with E-state index in [0.29, 0.717) is 12.5 Å². The Morgan fingerprint density at radius 1 is 1.47 bits per heavy atom. The Kier molecular flexibility index (Phi) is 3.33. The van der Waals surface area contributed by atoms with Crippen LogP contribution in [0.3, 0.4) is 0 Å². The minimum atomic E-state index is 0.267. The summed E-state index contributed by atoms with van der Waals surface area (Å²) in [5.74, 6) is 1.57. The quantitative estimate of drug-likeness (QED) is 0.844. The molecule has 3 heterocycles. The van der Waals surface area contributed by atoms with Crippen LogP contribution >= 0.6 is 0 Å². The maximum Gasteiger partial charge on any atom is 0.261 e. The van der Waals surface area contributed by atoms with Crippen LogP contribution in [0.1, 0.15) is 37.2 Å². The molecule has 0 radical (unpaired) electrons. The number of nitrogens with zero attached hydrogens (tertiary/aromatic N) is 4. The summed E-state index contributed by atoms with van der Waals surface area (Å²) < 4.78 is 12.6. The largest absolute Gasteiger partial charge is 0.381 e. The second-order valence-corrected chi connectivity index (χ2v) is 4.91. The SMILES string of the molecule is CCCn1cc(-c2nc([C@H]3CCOC3)no2)c(C)n1. The number of ether oxygens (including phenoxy) is 1.